The molecule has 0 bridgehead atoms. The third-order valence-corrected chi connectivity index (χ3v) is 2.61. The number of hydrogen-bond acceptors (Lipinski definition) is 5. The fraction of sp³-hybridized carbons (Fsp3) is 0.417. The first kappa shape index (κ1) is 15.4. The minimum atomic E-state index is -0.490. The Kier molecular flexibility index (Phi) is 6.24. The molecule has 0 aliphatic heterocycles. The number of anilines is 1. The monoisotopic (exact) mass is 284 g/mol. The molecule has 0 atom stereocenters. The van der Waals surface area contributed by atoms with Crippen molar-refractivity contribution in [3.05, 3.63) is 33.3 Å². The molecule has 0 amide bonds. The quantitative estimate of drug-likeness (QED) is 0.362. The first-order valence-corrected chi connectivity index (χ1v) is 6.24. The van der Waals surface area contributed by atoms with Gasteiger partial charge in [0, 0.05) is 17.3 Å². The van der Waals surface area contributed by atoms with Crippen molar-refractivity contribution in [2.45, 2.75) is 12.8 Å². The van der Waals surface area contributed by atoms with E-state index in [1.807, 2.05) is 14.1 Å². The van der Waals surface area contributed by atoms with Gasteiger partial charge in [-0.2, -0.15) is 5.10 Å². The number of hydrazone groups is 1. The van der Waals surface area contributed by atoms with Crippen LogP contribution in [0.5, 0.6) is 0 Å². The Bertz CT molecular complexity index is 463. The number of nitrogens with zero attached hydrogens (tertiary/aromatic N) is 3. The number of nitro groups is 1. The van der Waals surface area contributed by atoms with E-state index in [4.69, 9.17) is 11.6 Å². The summed E-state index contributed by atoms with van der Waals surface area (Å²) < 4.78 is 0. The maximum atomic E-state index is 10.8. The molecule has 0 fully saturated rings. The molecule has 7 heteroatoms. The molecule has 0 heterocycles. The summed E-state index contributed by atoms with van der Waals surface area (Å²) in [6, 6.07) is 4.42. The summed E-state index contributed by atoms with van der Waals surface area (Å²) in [6.45, 7) is 0.979. The summed E-state index contributed by atoms with van der Waals surface area (Å²) >= 11 is 5.72. The highest BCUT2D eigenvalue weighted by Gasteiger charge is 2.13. The van der Waals surface area contributed by atoms with Gasteiger partial charge in [0.05, 0.1) is 4.92 Å². The van der Waals surface area contributed by atoms with Crippen molar-refractivity contribution in [3.8, 4) is 0 Å². The van der Waals surface area contributed by atoms with Crippen LogP contribution >= 0.6 is 11.6 Å². The molecule has 1 N–H and O–H groups in total. The second kappa shape index (κ2) is 7.70. The lowest BCUT2D eigenvalue weighted by atomic mass is 10.3. The van der Waals surface area contributed by atoms with Crippen molar-refractivity contribution in [2.24, 2.45) is 5.10 Å². The maximum Gasteiger partial charge on any atom is 0.295 e. The molecule has 6 nitrogen and oxygen atoms in total. The molecule has 1 aromatic rings. The first-order chi connectivity index (χ1) is 9.00. The van der Waals surface area contributed by atoms with Gasteiger partial charge in [-0.25, -0.2) is 0 Å². The van der Waals surface area contributed by atoms with Crippen LogP contribution < -0.4 is 5.43 Å². The van der Waals surface area contributed by atoms with E-state index in [0.717, 1.165) is 19.4 Å². The molecule has 104 valence electrons. The van der Waals surface area contributed by atoms with Crippen molar-refractivity contribution in [1.29, 1.82) is 0 Å². The smallest absolute Gasteiger partial charge is 0.295 e. The lowest BCUT2D eigenvalue weighted by Gasteiger charge is -2.06. The van der Waals surface area contributed by atoms with Crippen LogP contribution in [0.25, 0.3) is 0 Å². The van der Waals surface area contributed by atoms with Gasteiger partial charge in [0.2, 0.25) is 0 Å². The largest absolute Gasteiger partial charge is 0.309 e. The third-order valence-electron chi connectivity index (χ3n) is 2.37. The van der Waals surface area contributed by atoms with Crippen LogP contribution in [0.4, 0.5) is 11.4 Å². The zero-order chi connectivity index (χ0) is 14.3. The molecular weight excluding hydrogens is 268 g/mol. The number of rotatable bonds is 7. The molecule has 0 saturated carbocycles. The highest BCUT2D eigenvalue weighted by Crippen LogP contribution is 2.27. The Hall–Kier alpha value is -1.66. The van der Waals surface area contributed by atoms with Gasteiger partial charge in [0.1, 0.15) is 5.69 Å². The average Bonchev–Trinajstić information content (AvgIpc) is 2.34. The Balaban J connectivity index is 2.53. The summed E-state index contributed by atoms with van der Waals surface area (Å²) in [5.74, 6) is 0. The van der Waals surface area contributed by atoms with E-state index in [1.165, 1.54) is 12.1 Å². The summed E-state index contributed by atoms with van der Waals surface area (Å²) in [4.78, 5) is 12.4. The van der Waals surface area contributed by atoms with E-state index in [-0.39, 0.29) is 5.69 Å². The zero-order valence-corrected chi connectivity index (χ0v) is 11.7. The Morgan fingerprint density at radius 2 is 2.26 bits per heavy atom. The molecule has 0 aliphatic carbocycles. The molecule has 0 saturated heterocycles. The molecular formula is C12H17ClN4O2. The van der Waals surface area contributed by atoms with Gasteiger partial charge < -0.3 is 4.90 Å². The summed E-state index contributed by atoms with van der Waals surface area (Å²) in [7, 11) is 4.01. The molecule has 0 unspecified atom stereocenters. The highest BCUT2D eigenvalue weighted by atomic mass is 35.5. The fourth-order valence-corrected chi connectivity index (χ4v) is 1.60. The highest BCUT2D eigenvalue weighted by molar-refractivity contribution is 6.30. The van der Waals surface area contributed by atoms with Crippen LogP contribution in [-0.4, -0.2) is 36.7 Å². The van der Waals surface area contributed by atoms with E-state index < -0.39 is 4.92 Å². The van der Waals surface area contributed by atoms with Crippen LogP contribution in [0, 0.1) is 10.1 Å². The van der Waals surface area contributed by atoms with Crippen LogP contribution in [0.1, 0.15) is 12.8 Å². The van der Waals surface area contributed by atoms with Gasteiger partial charge in [0.15, 0.2) is 0 Å². The number of halogens is 1. The van der Waals surface area contributed by atoms with Gasteiger partial charge in [0.25, 0.3) is 5.69 Å². The van der Waals surface area contributed by atoms with Crippen molar-refractivity contribution in [1.82, 2.24) is 4.90 Å². The van der Waals surface area contributed by atoms with E-state index in [9.17, 15) is 10.1 Å². The van der Waals surface area contributed by atoms with Crippen molar-refractivity contribution < 1.29 is 4.92 Å². The Morgan fingerprint density at radius 1 is 1.53 bits per heavy atom. The summed E-state index contributed by atoms with van der Waals surface area (Å²) in [6.07, 6.45) is 3.51. The minimum absolute atomic E-state index is 0.0852. The standard InChI is InChI=1S/C12H17ClN4O2/c1-16(2)8-4-3-7-14-15-11-6-5-10(13)9-12(11)17(18)19/h5-7,9,15H,3-4,8H2,1-2H3/b14-7-. The van der Waals surface area contributed by atoms with E-state index >= 15 is 0 Å². The lowest BCUT2D eigenvalue weighted by Crippen LogP contribution is -2.12. The zero-order valence-electron chi connectivity index (χ0n) is 11.0. The van der Waals surface area contributed by atoms with Crippen molar-refractivity contribution in [2.75, 3.05) is 26.1 Å². The molecule has 0 radical (unpaired) electrons. The van der Waals surface area contributed by atoms with Gasteiger partial charge in [-0.3, -0.25) is 15.5 Å². The second-order valence-electron chi connectivity index (χ2n) is 4.29. The number of unbranched alkanes of at least 4 members (excludes halogenated alkanes) is 1. The molecule has 1 aromatic carbocycles. The van der Waals surface area contributed by atoms with Crippen LogP contribution in [-0.2, 0) is 0 Å². The Labute approximate surface area is 117 Å². The fourth-order valence-electron chi connectivity index (χ4n) is 1.43. The van der Waals surface area contributed by atoms with Crippen LogP contribution in [0.3, 0.4) is 0 Å². The van der Waals surface area contributed by atoms with Gasteiger partial charge in [-0.15, -0.1) is 0 Å². The Morgan fingerprint density at radius 3 is 2.89 bits per heavy atom. The van der Waals surface area contributed by atoms with E-state index in [2.05, 4.69) is 15.4 Å². The lowest BCUT2D eigenvalue weighted by molar-refractivity contribution is -0.383. The molecule has 0 spiro atoms. The number of nitrogens with one attached hydrogen (secondary N) is 1. The normalized spacial score (nSPS) is 11.2. The molecule has 1 rings (SSSR count). The summed E-state index contributed by atoms with van der Waals surface area (Å²) in [5, 5.41) is 15.1. The predicted octanol–water partition coefficient (Wildman–Crippen LogP) is 2.99. The predicted molar refractivity (Wildman–Crippen MR) is 78.0 cm³/mol. The molecule has 0 aliphatic rings. The molecule has 0 aromatic heterocycles. The van der Waals surface area contributed by atoms with Crippen LogP contribution in [0.15, 0.2) is 23.3 Å². The number of nitro benzene ring substituents is 1. The van der Waals surface area contributed by atoms with Gasteiger partial charge in [-0.1, -0.05) is 11.6 Å². The summed E-state index contributed by atoms with van der Waals surface area (Å²) in [5.41, 5.74) is 2.91. The van der Waals surface area contributed by atoms with Gasteiger partial charge in [-0.05, 0) is 45.6 Å². The number of hydrogen-bond donors (Lipinski definition) is 1. The van der Waals surface area contributed by atoms with E-state index in [0.29, 0.717) is 10.7 Å². The average molecular weight is 285 g/mol. The SMILES string of the molecule is CN(C)CCC/C=N\Nc1ccc(Cl)cc1[N+](=O)[O-]. The second-order valence-corrected chi connectivity index (χ2v) is 4.72. The third kappa shape index (κ3) is 5.67. The van der Waals surface area contributed by atoms with E-state index in [1.54, 1.807) is 12.3 Å². The van der Waals surface area contributed by atoms with Gasteiger partial charge >= 0.3 is 0 Å². The minimum Gasteiger partial charge on any atom is -0.309 e. The van der Waals surface area contributed by atoms with Crippen molar-refractivity contribution in [3.63, 3.8) is 0 Å². The van der Waals surface area contributed by atoms with Crippen LogP contribution in [0.2, 0.25) is 5.02 Å². The molecule has 19 heavy (non-hydrogen) atoms. The topological polar surface area (TPSA) is 70.8 Å². The van der Waals surface area contributed by atoms with Crippen molar-refractivity contribution >= 4 is 29.2 Å². The maximum absolute atomic E-state index is 10.8. The number of benzene rings is 1. The first-order valence-electron chi connectivity index (χ1n) is 5.87.